The lowest BCUT2D eigenvalue weighted by molar-refractivity contribution is -0.130. The molecule has 0 bridgehead atoms. The van der Waals surface area contributed by atoms with Gasteiger partial charge in [-0.2, -0.15) is 0 Å². The number of nitrogens with zero attached hydrogens (tertiary/aromatic N) is 2. The SMILES string of the molecule is Cc1cc(C(=O)CN2C(=O)N[C@](C)(c3ccc4ccccc4c3)C2=O)c(C)n1C. The molecular weight excluding hydrogens is 366 g/mol. The predicted molar refractivity (Wildman–Crippen MR) is 111 cm³/mol. The Morgan fingerprint density at radius 3 is 2.38 bits per heavy atom. The standard InChI is InChI=1S/C23H23N3O3/c1-14-11-19(15(2)25(14)4)20(27)13-26-21(28)23(3,24-22(26)29)18-10-9-16-7-5-6-8-17(16)12-18/h5-12H,13H2,1-4H3,(H,24,29)/t23-/m1/s1. The Kier molecular flexibility index (Phi) is 4.30. The Morgan fingerprint density at radius 2 is 1.72 bits per heavy atom. The molecule has 1 aliphatic rings. The van der Waals surface area contributed by atoms with Crippen molar-refractivity contribution in [3.05, 3.63) is 71.0 Å². The number of rotatable bonds is 4. The van der Waals surface area contributed by atoms with Crippen LogP contribution in [0, 0.1) is 13.8 Å². The summed E-state index contributed by atoms with van der Waals surface area (Å²) in [7, 11) is 1.88. The van der Waals surface area contributed by atoms with Crippen LogP contribution in [-0.2, 0) is 17.4 Å². The third-order valence-electron chi connectivity index (χ3n) is 5.98. The van der Waals surface area contributed by atoms with Gasteiger partial charge in [-0.05, 0) is 49.2 Å². The summed E-state index contributed by atoms with van der Waals surface area (Å²) in [5, 5.41) is 4.82. The predicted octanol–water partition coefficient (Wildman–Crippen LogP) is 3.45. The zero-order valence-electron chi connectivity index (χ0n) is 16.9. The average molecular weight is 389 g/mol. The normalized spacial score (nSPS) is 19.1. The van der Waals surface area contributed by atoms with Gasteiger partial charge in [-0.3, -0.25) is 14.5 Å². The molecule has 0 aliphatic carbocycles. The van der Waals surface area contributed by atoms with Gasteiger partial charge in [0.25, 0.3) is 5.91 Å². The molecule has 1 saturated heterocycles. The van der Waals surface area contributed by atoms with Crippen LogP contribution >= 0.6 is 0 Å². The van der Waals surface area contributed by atoms with Crippen molar-refractivity contribution in [3.8, 4) is 0 Å². The van der Waals surface area contributed by atoms with E-state index in [-0.39, 0.29) is 12.3 Å². The van der Waals surface area contributed by atoms with Crippen molar-refractivity contribution < 1.29 is 14.4 Å². The summed E-state index contributed by atoms with van der Waals surface area (Å²) in [4.78, 5) is 39.6. The number of imide groups is 1. The number of aryl methyl sites for hydroxylation is 1. The number of Topliss-reactive ketones (excluding diaryl/α,β-unsaturated/α-hetero) is 1. The first-order chi connectivity index (χ1) is 13.7. The molecule has 2 heterocycles. The highest BCUT2D eigenvalue weighted by Crippen LogP contribution is 2.31. The molecule has 1 aromatic heterocycles. The maximum atomic E-state index is 13.2. The summed E-state index contributed by atoms with van der Waals surface area (Å²) in [6.45, 7) is 5.16. The van der Waals surface area contributed by atoms with E-state index < -0.39 is 17.5 Å². The highest BCUT2D eigenvalue weighted by molar-refractivity contribution is 6.11. The van der Waals surface area contributed by atoms with Crippen LogP contribution in [0.5, 0.6) is 0 Å². The number of benzene rings is 2. The highest BCUT2D eigenvalue weighted by Gasteiger charge is 2.49. The zero-order valence-corrected chi connectivity index (χ0v) is 16.9. The molecule has 6 heteroatoms. The van der Waals surface area contributed by atoms with Gasteiger partial charge in [0.05, 0.1) is 6.54 Å². The maximum absolute atomic E-state index is 13.2. The van der Waals surface area contributed by atoms with Gasteiger partial charge >= 0.3 is 6.03 Å². The molecule has 1 atom stereocenters. The summed E-state index contributed by atoms with van der Waals surface area (Å²) < 4.78 is 1.91. The number of aromatic nitrogens is 1. The molecule has 4 rings (SSSR count). The van der Waals surface area contributed by atoms with Crippen LogP contribution in [0.1, 0.15) is 34.2 Å². The van der Waals surface area contributed by atoms with E-state index in [4.69, 9.17) is 0 Å². The Balaban J connectivity index is 1.63. The molecule has 1 aliphatic heterocycles. The van der Waals surface area contributed by atoms with Crippen LogP contribution in [0.2, 0.25) is 0 Å². The first kappa shape index (κ1) is 18.9. The Hall–Kier alpha value is -3.41. The third kappa shape index (κ3) is 2.92. The Labute approximate surface area is 169 Å². The largest absolute Gasteiger partial charge is 0.351 e. The van der Waals surface area contributed by atoms with E-state index in [1.54, 1.807) is 13.0 Å². The molecule has 6 nitrogen and oxygen atoms in total. The Bertz CT molecular complexity index is 1180. The first-order valence-corrected chi connectivity index (χ1v) is 9.52. The van der Waals surface area contributed by atoms with Crippen molar-refractivity contribution in [2.75, 3.05) is 6.54 Å². The van der Waals surface area contributed by atoms with Gasteiger partial charge in [0.15, 0.2) is 5.78 Å². The smallest absolute Gasteiger partial charge is 0.325 e. The van der Waals surface area contributed by atoms with Gasteiger partial charge in [-0.15, -0.1) is 0 Å². The van der Waals surface area contributed by atoms with Crippen LogP contribution < -0.4 is 5.32 Å². The van der Waals surface area contributed by atoms with Crippen LogP contribution in [0.4, 0.5) is 4.79 Å². The minimum atomic E-state index is -1.21. The fourth-order valence-corrected chi connectivity index (χ4v) is 3.90. The van der Waals surface area contributed by atoms with Gasteiger partial charge in [-0.25, -0.2) is 4.79 Å². The van der Waals surface area contributed by atoms with Crippen molar-refractivity contribution in [2.24, 2.45) is 7.05 Å². The first-order valence-electron chi connectivity index (χ1n) is 9.52. The number of carbonyl (C=O) groups excluding carboxylic acids is 3. The summed E-state index contributed by atoms with van der Waals surface area (Å²) in [6.07, 6.45) is 0. The lowest BCUT2D eigenvalue weighted by Crippen LogP contribution is -2.41. The third-order valence-corrected chi connectivity index (χ3v) is 5.98. The van der Waals surface area contributed by atoms with E-state index in [9.17, 15) is 14.4 Å². The van der Waals surface area contributed by atoms with E-state index in [0.717, 1.165) is 27.1 Å². The van der Waals surface area contributed by atoms with Crippen molar-refractivity contribution in [1.29, 1.82) is 0 Å². The van der Waals surface area contributed by atoms with E-state index in [0.29, 0.717) is 11.1 Å². The number of amides is 3. The molecule has 2 aromatic carbocycles. The number of urea groups is 1. The molecule has 3 aromatic rings. The molecule has 1 fully saturated rings. The molecule has 0 spiro atoms. The minimum Gasteiger partial charge on any atom is -0.351 e. The number of fused-ring (bicyclic) bond motifs is 1. The van der Waals surface area contributed by atoms with Gasteiger partial charge in [0.2, 0.25) is 0 Å². The second-order valence-electron chi connectivity index (χ2n) is 7.78. The number of hydrogen-bond donors (Lipinski definition) is 1. The van der Waals surface area contributed by atoms with Gasteiger partial charge < -0.3 is 9.88 Å². The quantitative estimate of drug-likeness (QED) is 0.549. The van der Waals surface area contributed by atoms with Crippen LogP contribution in [0.3, 0.4) is 0 Å². The van der Waals surface area contributed by atoms with E-state index in [1.807, 2.05) is 67.9 Å². The van der Waals surface area contributed by atoms with Crippen molar-refractivity contribution in [3.63, 3.8) is 0 Å². The molecule has 0 unspecified atom stereocenters. The maximum Gasteiger partial charge on any atom is 0.325 e. The van der Waals surface area contributed by atoms with E-state index >= 15 is 0 Å². The van der Waals surface area contributed by atoms with Crippen molar-refractivity contribution in [1.82, 2.24) is 14.8 Å². The van der Waals surface area contributed by atoms with E-state index in [1.165, 1.54) is 0 Å². The molecule has 3 amide bonds. The Morgan fingerprint density at radius 1 is 1.03 bits per heavy atom. The molecular formula is C23H23N3O3. The zero-order chi connectivity index (χ0) is 20.9. The average Bonchev–Trinajstić information content (AvgIpc) is 3.09. The second-order valence-corrected chi connectivity index (χ2v) is 7.78. The van der Waals surface area contributed by atoms with Crippen LogP contribution in [0.25, 0.3) is 10.8 Å². The van der Waals surface area contributed by atoms with Crippen molar-refractivity contribution in [2.45, 2.75) is 26.3 Å². The summed E-state index contributed by atoms with van der Waals surface area (Å²) in [5.74, 6) is -0.672. The highest BCUT2D eigenvalue weighted by atomic mass is 16.2. The van der Waals surface area contributed by atoms with Gasteiger partial charge in [-0.1, -0.05) is 36.4 Å². The lowest BCUT2D eigenvalue weighted by atomic mass is 9.90. The summed E-state index contributed by atoms with van der Waals surface area (Å²) in [5.41, 5.74) is 1.78. The fourth-order valence-electron chi connectivity index (χ4n) is 3.90. The molecule has 148 valence electrons. The lowest BCUT2D eigenvalue weighted by Gasteiger charge is -2.22. The molecule has 1 N–H and O–H groups in total. The topological polar surface area (TPSA) is 71.4 Å². The number of nitrogens with one attached hydrogen (secondary N) is 1. The number of ketones is 1. The van der Waals surface area contributed by atoms with Gasteiger partial charge in [0, 0.05) is 24.0 Å². The molecule has 0 radical (unpaired) electrons. The van der Waals surface area contributed by atoms with E-state index in [2.05, 4.69) is 5.32 Å². The van der Waals surface area contributed by atoms with Crippen molar-refractivity contribution >= 4 is 28.5 Å². The van der Waals surface area contributed by atoms with Gasteiger partial charge in [0.1, 0.15) is 5.54 Å². The second kappa shape index (κ2) is 6.58. The number of hydrogen-bond acceptors (Lipinski definition) is 3. The van der Waals surface area contributed by atoms with Crippen LogP contribution in [0.15, 0.2) is 48.5 Å². The molecule has 29 heavy (non-hydrogen) atoms. The monoisotopic (exact) mass is 389 g/mol. The van der Waals surface area contributed by atoms with Crippen LogP contribution in [-0.4, -0.2) is 33.7 Å². The fraction of sp³-hybridized carbons (Fsp3) is 0.261. The number of carbonyl (C=O) groups is 3. The minimum absolute atomic E-state index is 0.252. The molecule has 0 saturated carbocycles. The summed E-state index contributed by atoms with van der Waals surface area (Å²) >= 11 is 0. The summed E-state index contributed by atoms with van der Waals surface area (Å²) in [6, 6.07) is 14.8.